The van der Waals surface area contributed by atoms with Crippen molar-refractivity contribution in [2.75, 3.05) is 0 Å². The zero-order valence-electron chi connectivity index (χ0n) is 8.81. The lowest BCUT2D eigenvalue weighted by molar-refractivity contribution is 0.0981. The third-order valence-corrected chi connectivity index (χ3v) is 2.25. The third kappa shape index (κ3) is 2.73. The number of Topliss-reactive ketones (excluding diaryl/α,β-unsaturated/α-hetero) is 1. The second kappa shape index (κ2) is 6.12. The molecule has 0 amide bonds. The molecule has 16 heavy (non-hydrogen) atoms. The number of rotatable bonds is 4. The Bertz CT molecular complexity index is 404. The number of oxime groups is 1. The Morgan fingerprint density at radius 1 is 1.44 bits per heavy atom. The van der Waals surface area contributed by atoms with Gasteiger partial charge < -0.3 is 9.50 Å². The van der Waals surface area contributed by atoms with Crippen molar-refractivity contribution in [1.29, 1.82) is 0 Å². The molecule has 0 saturated heterocycles. The van der Waals surface area contributed by atoms with E-state index in [4.69, 9.17) is 17.1 Å². The average molecular weight is 242 g/mol. The summed E-state index contributed by atoms with van der Waals surface area (Å²) >= 11 is 5.15. The fourth-order valence-electron chi connectivity index (χ4n) is 1.39. The SMILES string of the molecule is CCCC(=O)c1ccccc1C(=NO)OCl. The Morgan fingerprint density at radius 3 is 2.56 bits per heavy atom. The lowest BCUT2D eigenvalue weighted by Gasteiger charge is -2.06. The van der Waals surface area contributed by atoms with Crippen LogP contribution < -0.4 is 0 Å². The molecule has 1 rings (SSSR count). The van der Waals surface area contributed by atoms with Crippen molar-refractivity contribution in [3.63, 3.8) is 0 Å². The maximum absolute atomic E-state index is 11.8. The van der Waals surface area contributed by atoms with Crippen LogP contribution in [0.15, 0.2) is 29.4 Å². The van der Waals surface area contributed by atoms with Crippen LogP contribution in [0.5, 0.6) is 0 Å². The Kier molecular flexibility index (Phi) is 4.79. The molecule has 4 nitrogen and oxygen atoms in total. The molecule has 0 aliphatic rings. The van der Waals surface area contributed by atoms with Gasteiger partial charge >= 0.3 is 0 Å². The van der Waals surface area contributed by atoms with Gasteiger partial charge in [-0.3, -0.25) is 4.79 Å². The average Bonchev–Trinajstić information content (AvgIpc) is 2.31. The van der Waals surface area contributed by atoms with Crippen LogP contribution in [0.2, 0.25) is 0 Å². The minimum absolute atomic E-state index is 0.0343. The quantitative estimate of drug-likeness (QED) is 0.290. The highest BCUT2D eigenvalue weighted by atomic mass is 35.5. The van der Waals surface area contributed by atoms with E-state index in [2.05, 4.69) is 9.45 Å². The zero-order valence-corrected chi connectivity index (χ0v) is 9.57. The maximum atomic E-state index is 11.8. The summed E-state index contributed by atoms with van der Waals surface area (Å²) in [6.45, 7) is 1.92. The minimum Gasteiger partial charge on any atom is -0.408 e. The smallest absolute Gasteiger partial charge is 0.280 e. The lowest BCUT2D eigenvalue weighted by Crippen LogP contribution is -2.09. The summed E-state index contributed by atoms with van der Waals surface area (Å²) in [7, 11) is 0. The van der Waals surface area contributed by atoms with Crippen LogP contribution >= 0.6 is 11.9 Å². The lowest BCUT2D eigenvalue weighted by atomic mass is 10.0. The molecule has 0 aliphatic heterocycles. The van der Waals surface area contributed by atoms with Gasteiger partial charge in [-0.05, 0) is 17.6 Å². The van der Waals surface area contributed by atoms with Gasteiger partial charge in [-0.25, -0.2) is 0 Å². The van der Waals surface area contributed by atoms with Crippen LogP contribution in [-0.4, -0.2) is 16.9 Å². The number of ketones is 1. The molecule has 0 fully saturated rings. The van der Waals surface area contributed by atoms with Gasteiger partial charge in [-0.15, -0.1) is 0 Å². The number of hydrogen-bond acceptors (Lipinski definition) is 4. The van der Waals surface area contributed by atoms with Crippen molar-refractivity contribution in [3.05, 3.63) is 35.4 Å². The van der Waals surface area contributed by atoms with Gasteiger partial charge in [0.05, 0.1) is 5.56 Å². The van der Waals surface area contributed by atoms with Gasteiger partial charge in [0, 0.05) is 12.0 Å². The van der Waals surface area contributed by atoms with Gasteiger partial charge in [-0.1, -0.05) is 25.1 Å². The van der Waals surface area contributed by atoms with Crippen molar-refractivity contribution in [1.82, 2.24) is 0 Å². The van der Waals surface area contributed by atoms with Gasteiger partial charge in [-0.2, -0.15) is 0 Å². The van der Waals surface area contributed by atoms with E-state index in [0.29, 0.717) is 17.5 Å². The predicted octanol–water partition coefficient (Wildman–Crippen LogP) is 2.98. The first-order valence-corrected chi connectivity index (χ1v) is 5.18. The second-order valence-electron chi connectivity index (χ2n) is 3.20. The topological polar surface area (TPSA) is 58.9 Å². The van der Waals surface area contributed by atoms with E-state index in [1.807, 2.05) is 6.92 Å². The van der Waals surface area contributed by atoms with E-state index in [-0.39, 0.29) is 11.7 Å². The molecule has 0 heterocycles. The van der Waals surface area contributed by atoms with Gasteiger partial charge in [0.15, 0.2) is 5.78 Å². The number of halogens is 1. The first-order chi connectivity index (χ1) is 7.74. The fourth-order valence-corrected chi connectivity index (χ4v) is 1.50. The molecule has 1 aromatic rings. The largest absolute Gasteiger partial charge is 0.408 e. The highest BCUT2D eigenvalue weighted by Crippen LogP contribution is 2.14. The van der Waals surface area contributed by atoms with Crippen molar-refractivity contribution < 1.29 is 14.3 Å². The van der Waals surface area contributed by atoms with E-state index < -0.39 is 0 Å². The van der Waals surface area contributed by atoms with E-state index in [1.54, 1.807) is 24.3 Å². The molecule has 0 atom stereocenters. The molecule has 0 unspecified atom stereocenters. The number of hydrogen-bond donors (Lipinski definition) is 1. The highest BCUT2D eigenvalue weighted by molar-refractivity contribution is 6.19. The van der Waals surface area contributed by atoms with Crippen LogP contribution in [0.4, 0.5) is 0 Å². The van der Waals surface area contributed by atoms with Crippen LogP contribution in [-0.2, 0) is 4.29 Å². The number of nitrogens with zero attached hydrogens (tertiary/aromatic N) is 1. The molecule has 86 valence electrons. The first kappa shape index (κ1) is 12.5. The molecular weight excluding hydrogens is 230 g/mol. The van der Waals surface area contributed by atoms with E-state index in [9.17, 15) is 4.79 Å². The molecular formula is C11H12ClNO3. The molecule has 0 aliphatic carbocycles. The standard InChI is InChI=1S/C11H12ClNO3/c1-2-5-10(14)8-6-3-4-7-9(8)11(13-15)16-12/h3-4,6-7,15H,2,5H2,1H3. The fraction of sp³-hybridized carbons (Fsp3) is 0.273. The van der Waals surface area contributed by atoms with Gasteiger partial charge in [0.25, 0.3) is 5.90 Å². The summed E-state index contributed by atoms with van der Waals surface area (Å²) in [4.78, 5) is 11.8. The Labute approximate surface area is 98.7 Å². The van der Waals surface area contributed by atoms with E-state index in [0.717, 1.165) is 6.42 Å². The summed E-state index contributed by atoms with van der Waals surface area (Å²) in [6.07, 6.45) is 1.18. The molecule has 0 spiro atoms. The first-order valence-electron chi connectivity index (χ1n) is 4.87. The van der Waals surface area contributed by atoms with Crippen molar-refractivity contribution in [3.8, 4) is 0 Å². The van der Waals surface area contributed by atoms with Crippen molar-refractivity contribution in [2.45, 2.75) is 19.8 Å². The van der Waals surface area contributed by atoms with Crippen molar-refractivity contribution >= 4 is 23.5 Å². The van der Waals surface area contributed by atoms with Crippen molar-refractivity contribution in [2.24, 2.45) is 5.16 Å². The summed E-state index contributed by atoms with van der Waals surface area (Å²) in [5.74, 6) is -0.213. The molecule has 5 heteroatoms. The number of carbonyl (C=O) groups is 1. The van der Waals surface area contributed by atoms with E-state index >= 15 is 0 Å². The molecule has 1 N–H and O–H groups in total. The zero-order chi connectivity index (χ0) is 12.0. The normalized spacial score (nSPS) is 11.2. The van der Waals surface area contributed by atoms with Crippen LogP contribution in [0, 0.1) is 0 Å². The Morgan fingerprint density at radius 2 is 2.06 bits per heavy atom. The van der Waals surface area contributed by atoms with Crippen LogP contribution in [0.25, 0.3) is 0 Å². The van der Waals surface area contributed by atoms with Crippen LogP contribution in [0.1, 0.15) is 35.7 Å². The second-order valence-corrected chi connectivity index (χ2v) is 3.36. The molecule has 0 radical (unpaired) electrons. The minimum atomic E-state index is -0.179. The molecule has 0 saturated carbocycles. The third-order valence-electron chi connectivity index (χ3n) is 2.10. The van der Waals surface area contributed by atoms with Crippen LogP contribution in [0.3, 0.4) is 0 Å². The summed E-state index contributed by atoms with van der Waals surface area (Å²) < 4.78 is 4.37. The summed E-state index contributed by atoms with van der Waals surface area (Å²) in [5, 5.41) is 11.6. The molecule has 0 bridgehead atoms. The maximum Gasteiger partial charge on any atom is 0.280 e. The van der Waals surface area contributed by atoms with Gasteiger partial charge in [0.2, 0.25) is 0 Å². The summed E-state index contributed by atoms with van der Waals surface area (Å²) in [5.41, 5.74) is 0.830. The van der Waals surface area contributed by atoms with Gasteiger partial charge in [0.1, 0.15) is 11.9 Å². The molecule has 0 aromatic heterocycles. The summed E-state index contributed by atoms with van der Waals surface area (Å²) in [6, 6.07) is 6.70. The predicted molar refractivity (Wildman–Crippen MR) is 60.9 cm³/mol. The Balaban J connectivity index is 3.14. The number of benzene rings is 1. The number of carbonyl (C=O) groups excluding carboxylic acids is 1. The molecule has 1 aromatic carbocycles. The highest BCUT2D eigenvalue weighted by Gasteiger charge is 2.15. The monoisotopic (exact) mass is 241 g/mol. The van der Waals surface area contributed by atoms with E-state index in [1.165, 1.54) is 0 Å². The Hall–Kier alpha value is -1.55.